The number of benzene rings is 1. The lowest BCUT2D eigenvalue weighted by molar-refractivity contribution is -0.139. The van der Waals surface area contributed by atoms with Gasteiger partial charge in [-0.2, -0.15) is 0 Å². The molecule has 0 saturated heterocycles. The summed E-state index contributed by atoms with van der Waals surface area (Å²) in [7, 11) is 0. The van der Waals surface area contributed by atoms with Crippen molar-refractivity contribution in [1.29, 1.82) is 0 Å². The SMILES string of the molecule is CC(C)C[C@H](NC(=O)[C@H](CCc1ccccc1)N[C@H](C)C(=O)O)C(=O)Nc1ccncn1. The first kappa shape index (κ1) is 24.9. The van der Waals surface area contributed by atoms with Crippen LogP contribution in [-0.2, 0) is 20.8 Å². The lowest BCUT2D eigenvalue weighted by Crippen LogP contribution is -2.54. The van der Waals surface area contributed by atoms with Crippen molar-refractivity contribution >= 4 is 23.6 Å². The van der Waals surface area contributed by atoms with E-state index < -0.39 is 30.0 Å². The fourth-order valence-corrected chi connectivity index (χ4v) is 3.17. The Kier molecular flexibility index (Phi) is 9.75. The van der Waals surface area contributed by atoms with E-state index in [0.717, 1.165) is 5.56 Å². The van der Waals surface area contributed by atoms with Gasteiger partial charge in [0, 0.05) is 6.20 Å². The number of aromatic nitrogens is 2. The lowest BCUT2D eigenvalue weighted by Gasteiger charge is -2.25. The van der Waals surface area contributed by atoms with Crippen molar-refractivity contribution in [3.8, 4) is 0 Å². The van der Waals surface area contributed by atoms with Gasteiger partial charge >= 0.3 is 5.97 Å². The minimum absolute atomic E-state index is 0.144. The van der Waals surface area contributed by atoms with Crippen LogP contribution < -0.4 is 16.0 Å². The topological polar surface area (TPSA) is 133 Å². The van der Waals surface area contributed by atoms with Crippen molar-refractivity contribution in [2.75, 3.05) is 5.32 Å². The number of hydrogen-bond donors (Lipinski definition) is 4. The zero-order valence-corrected chi connectivity index (χ0v) is 18.6. The number of carboxylic acid groups (broad SMARTS) is 1. The number of aryl methyl sites for hydroxylation is 1. The van der Waals surface area contributed by atoms with Gasteiger partial charge in [-0.15, -0.1) is 0 Å². The maximum atomic E-state index is 13.1. The van der Waals surface area contributed by atoms with Crippen LogP contribution in [0, 0.1) is 5.92 Å². The number of rotatable bonds is 12. The number of anilines is 1. The fraction of sp³-hybridized carbons (Fsp3) is 0.435. The van der Waals surface area contributed by atoms with Gasteiger partial charge in [-0.25, -0.2) is 9.97 Å². The summed E-state index contributed by atoms with van der Waals surface area (Å²) in [5.41, 5.74) is 1.04. The molecule has 0 aliphatic rings. The number of hydrogen-bond acceptors (Lipinski definition) is 6. The molecule has 2 amide bonds. The zero-order valence-electron chi connectivity index (χ0n) is 18.6. The molecule has 3 atom stereocenters. The van der Waals surface area contributed by atoms with Crippen LogP contribution in [0.25, 0.3) is 0 Å². The molecule has 0 spiro atoms. The Morgan fingerprint density at radius 3 is 2.31 bits per heavy atom. The first-order valence-corrected chi connectivity index (χ1v) is 10.7. The Morgan fingerprint density at radius 1 is 1.00 bits per heavy atom. The number of aliphatic carboxylic acids is 1. The summed E-state index contributed by atoms with van der Waals surface area (Å²) in [6.45, 7) is 5.39. The summed E-state index contributed by atoms with van der Waals surface area (Å²) in [4.78, 5) is 45.1. The molecule has 172 valence electrons. The van der Waals surface area contributed by atoms with Crippen LogP contribution >= 0.6 is 0 Å². The van der Waals surface area contributed by atoms with Crippen molar-refractivity contribution < 1.29 is 19.5 Å². The number of nitrogens with zero attached hydrogens (tertiary/aromatic N) is 2. The molecular weight excluding hydrogens is 410 g/mol. The number of carboxylic acids is 1. The van der Waals surface area contributed by atoms with E-state index in [2.05, 4.69) is 25.9 Å². The molecule has 0 aliphatic heterocycles. The first-order chi connectivity index (χ1) is 15.3. The number of carbonyl (C=O) groups excluding carboxylic acids is 2. The molecule has 9 heteroatoms. The predicted molar refractivity (Wildman–Crippen MR) is 121 cm³/mol. The third-order valence-electron chi connectivity index (χ3n) is 4.88. The second-order valence-electron chi connectivity index (χ2n) is 8.08. The van der Waals surface area contributed by atoms with E-state index in [0.29, 0.717) is 25.1 Å². The van der Waals surface area contributed by atoms with Crippen molar-refractivity contribution in [1.82, 2.24) is 20.6 Å². The minimum Gasteiger partial charge on any atom is -0.480 e. The molecule has 4 N–H and O–H groups in total. The van der Waals surface area contributed by atoms with E-state index >= 15 is 0 Å². The van der Waals surface area contributed by atoms with Crippen LogP contribution in [0.15, 0.2) is 48.9 Å². The van der Waals surface area contributed by atoms with Crippen molar-refractivity contribution in [2.45, 2.75) is 58.2 Å². The molecule has 0 unspecified atom stereocenters. The Bertz CT molecular complexity index is 876. The van der Waals surface area contributed by atoms with Crippen LogP contribution in [0.4, 0.5) is 5.82 Å². The first-order valence-electron chi connectivity index (χ1n) is 10.7. The average molecular weight is 442 g/mol. The molecule has 2 rings (SSSR count). The Balaban J connectivity index is 2.11. The van der Waals surface area contributed by atoms with Gasteiger partial charge in [-0.1, -0.05) is 44.2 Å². The highest BCUT2D eigenvalue weighted by atomic mass is 16.4. The molecule has 0 aliphatic carbocycles. The summed E-state index contributed by atoms with van der Waals surface area (Å²) < 4.78 is 0. The van der Waals surface area contributed by atoms with Gasteiger partial charge in [0.25, 0.3) is 0 Å². The maximum absolute atomic E-state index is 13.1. The van der Waals surface area contributed by atoms with E-state index in [1.807, 2.05) is 44.2 Å². The van der Waals surface area contributed by atoms with Gasteiger partial charge < -0.3 is 15.7 Å². The van der Waals surface area contributed by atoms with Gasteiger partial charge in [0.2, 0.25) is 11.8 Å². The fourth-order valence-electron chi connectivity index (χ4n) is 3.17. The molecule has 1 aromatic carbocycles. The molecular formula is C23H31N5O4. The summed E-state index contributed by atoms with van der Waals surface area (Å²) in [6, 6.07) is 8.71. The molecule has 2 aromatic rings. The second-order valence-corrected chi connectivity index (χ2v) is 8.08. The standard InChI is InChI=1S/C23H31N5O4/c1-15(2)13-19(22(30)28-20-11-12-24-14-25-20)27-21(29)18(26-16(3)23(31)32)10-9-17-7-5-4-6-8-17/h4-8,11-12,14-16,18-19,26H,9-10,13H2,1-3H3,(H,27,29)(H,31,32)(H,24,25,28,30)/t16-,18+,19+/m1/s1. The van der Waals surface area contributed by atoms with Crippen molar-refractivity contribution in [3.05, 3.63) is 54.5 Å². The van der Waals surface area contributed by atoms with E-state index in [1.165, 1.54) is 19.4 Å². The maximum Gasteiger partial charge on any atom is 0.320 e. The van der Waals surface area contributed by atoms with E-state index in [1.54, 1.807) is 6.07 Å². The van der Waals surface area contributed by atoms with Crippen molar-refractivity contribution in [3.63, 3.8) is 0 Å². The summed E-state index contributed by atoms with van der Waals surface area (Å²) in [5.74, 6) is -1.38. The third-order valence-corrected chi connectivity index (χ3v) is 4.88. The highest BCUT2D eigenvalue weighted by Gasteiger charge is 2.28. The summed E-state index contributed by atoms with van der Waals surface area (Å²) in [5, 5.41) is 17.6. The number of amides is 2. The van der Waals surface area contributed by atoms with Crippen LogP contribution in [0.1, 0.15) is 39.2 Å². The van der Waals surface area contributed by atoms with Crippen LogP contribution in [0.3, 0.4) is 0 Å². The smallest absolute Gasteiger partial charge is 0.320 e. The van der Waals surface area contributed by atoms with Gasteiger partial charge in [0.15, 0.2) is 0 Å². The molecule has 0 bridgehead atoms. The van der Waals surface area contributed by atoms with Gasteiger partial charge in [-0.3, -0.25) is 19.7 Å². The molecule has 1 heterocycles. The normalized spacial score (nSPS) is 13.8. The summed E-state index contributed by atoms with van der Waals surface area (Å²) in [6.07, 6.45) is 4.22. The average Bonchev–Trinajstić information content (AvgIpc) is 2.76. The molecule has 9 nitrogen and oxygen atoms in total. The second kappa shape index (κ2) is 12.5. The monoisotopic (exact) mass is 441 g/mol. The Hall–Kier alpha value is -3.33. The molecule has 0 radical (unpaired) electrons. The number of nitrogens with one attached hydrogen (secondary N) is 3. The highest BCUT2D eigenvalue weighted by molar-refractivity contribution is 5.97. The van der Waals surface area contributed by atoms with Gasteiger partial charge in [0.1, 0.15) is 24.2 Å². The molecule has 32 heavy (non-hydrogen) atoms. The van der Waals surface area contributed by atoms with Gasteiger partial charge in [-0.05, 0) is 43.7 Å². The number of carbonyl (C=O) groups is 3. The molecule has 1 aromatic heterocycles. The zero-order chi connectivity index (χ0) is 23.5. The third kappa shape index (κ3) is 8.43. The molecule has 0 fully saturated rings. The van der Waals surface area contributed by atoms with E-state index in [-0.39, 0.29) is 11.8 Å². The summed E-state index contributed by atoms with van der Waals surface area (Å²) >= 11 is 0. The largest absolute Gasteiger partial charge is 0.480 e. The van der Waals surface area contributed by atoms with Crippen LogP contribution in [-0.4, -0.2) is 51.0 Å². The molecule has 0 saturated carbocycles. The van der Waals surface area contributed by atoms with Crippen LogP contribution in [0.5, 0.6) is 0 Å². The van der Waals surface area contributed by atoms with Gasteiger partial charge in [0.05, 0.1) is 6.04 Å². The van der Waals surface area contributed by atoms with E-state index in [4.69, 9.17) is 0 Å². The minimum atomic E-state index is -1.05. The Morgan fingerprint density at radius 2 is 1.72 bits per heavy atom. The van der Waals surface area contributed by atoms with Crippen LogP contribution in [0.2, 0.25) is 0 Å². The van der Waals surface area contributed by atoms with E-state index in [9.17, 15) is 19.5 Å². The Labute approximate surface area is 188 Å². The quantitative estimate of drug-likeness (QED) is 0.396. The highest BCUT2D eigenvalue weighted by Crippen LogP contribution is 2.11. The predicted octanol–water partition coefficient (Wildman–Crippen LogP) is 2.01. The van der Waals surface area contributed by atoms with Crippen molar-refractivity contribution in [2.24, 2.45) is 5.92 Å². The lowest BCUT2D eigenvalue weighted by atomic mass is 10.0.